The number of carbonyl (C=O) groups is 1. The second-order valence-corrected chi connectivity index (χ2v) is 4.72. The molecule has 0 saturated carbocycles. The largest absolute Gasteiger partial charge is 0.513 e. The fourth-order valence-electron chi connectivity index (χ4n) is 2.09. The molecular formula is C17H18O3. The zero-order valence-electron chi connectivity index (χ0n) is 11.7. The Balaban J connectivity index is 2.00. The van der Waals surface area contributed by atoms with Gasteiger partial charge in [0, 0.05) is 0 Å². The lowest BCUT2D eigenvalue weighted by Gasteiger charge is -2.12. The molecule has 2 aromatic rings. The Bertz CT molecular complexity index is 546. The zero-order chi connectivity index (χ0) is 14.4. The highest BCUT2D eigenvalue weighted by Gasteiger charge is 2.08. The van der Waals surface area contributed by atoms with Crippen molar-refractivity contribution in [3.05, 3.63) is 65.7 Å². The van der Waals surface area contributed by atoms with Gasteiger partial charge in [-0.2, -0.15) is 0 Å². The Kier molecular flexibility index (Phi) is 4.77. The van der Waals surface area contributed by atoms with Crippen molar-refractivity contribution in [1.29, 1.82) is 0 Å². The first-order chi connectivity index (χ1) is 9.69. The highest BCUT2D eigenvalue weighted by atomic mass is 16.7. The van der Waals surface area contributed by atoms with Gasteiger partial charge in [0.2, 0.25) is 0 Å². The van der Waals surface area contributed by atoms with Crippen molar-refractivity contribution in [2.75, 3.05) is 7.11 Å². The second kappa shape index (κ2) is 6.75. The standard InChI is InChI=1S/C17H18O3/c1-13(12-14-6-4-3-5-7-14)15-8-10-16(11-9-15)20-17(18)19-2/h3-11,13H,12H2,1-2H3. The molecule has 3 heteroatoms. The maximum atomic E-state index is 11.0. The van der Waals surface area contributed by atoms with E-state index >= 15 is 0 Å². The van der Waals surface area contributed by atoms with Crippen molar-refractivity contribution in [2.45, 2.75) is 19.3 Å². The van der Waals surface area contributed by atoms with E-state index in [1.165, 1.54) is 18.2 Å². The molecule has 0 saturated heterocycles. The van der Waals surface area contributed by atoms with Crippen LogP contribution < -0.4 is 4.74 Å². The maximum Gasteiger partial charge on any atom is 0.513 e. The van der Waals surface area contributed by atoms with Gasteiger partial charge in [-0.25, -0.2) is 4.79 Å². The predicted molar refractivity (Wildman–Crippen MR) is 78.0 cm³/mol. The number of carbonyl (C=O) groups excluding carboxylic acids is 1. The first-order valence-electron chi connectivity index (χ1n) is 6.58. The molecule has 0 aliphatic carbocycles. The lowest BCUT2D eigenvalue weighted by molar-refractivity contribution is 0.121. The third kappa shape index (κ3) is 3.85. The van der Waals surface area contributed by atoms with Crippen LogP contribution in [-0.4, -0.2) is 13.3 Å². The Hall–Kier alpha value is -2.29. The molecule has 0 aromatic heterocycles. The quantitative estimate of drug-likeness (QED) is 0.617. The van der Waals surface area contributed by atoms with E-state index in [0.717, 1.165) is 6.42 Å². The average molecular weight is 270 g/mol. The van der Waals surface area contributed by atoms with Crippen LogP contribution in [0.4, 0.5) is 4.79 Å². The van der Waals surface area contributed by atoms with Crippen molar-refractivity contribution >= 4 is 6.16 Å². The summed E-state index contributed by atoms with van der Waals surface area (Å²) in [6, 6.07) is 17.9. The Morgan fingerprint density at radius 1 is 1.05 bits per heavy atom. The molecule has 0 amide bonds. The van der Waals surface area contributed by atoms with E-state index < -0.39 is 6.16 Å². The zero-order valence-corrected chi connectivity index (χ0v) is 11.7. The Morgan fingerprint density at radius 3 is 2.30 bits per heavy atom. The summed E-state index contributed by atoms with van der Waals surface area (Å²) < 4.78 is 9.41. The van der Waals surface area contributed by atoms with Crippen LogP contribution in [0.5, 0.6) is 5.75 Å². The number of benzene rings is 2. The minimum atomic E-state index is -0.699. The molecule has 0 radical (unpaired) electrons. The summed E-state index contributed by atoms with van der Waals surface area (Å²) in [7, 11) is 1.29. The van der Waals surface area contributed by atoms with Gasteiger partial charge < -0.3 is 9.47 Å². The summed E-state index contributed by atoms with van der Waals surface area (Å²) in [4.78, 5) is 11.0. The molecule has 2 aromatic carbocycles. The molecule has 0 fully saturated rings. The molecule has 0 aliphatic heterocycles. The summed E-state index contributed by atoms with van der Waals surface area (Å²) in [5, 5.41) is 0. The van der Waals surface area contributed by atoms with Gasteiger partial charge in [0.25, 0.3) is 0 Å². The van der Waals surface area contributed by atoms with Gasteiger partial charge in [-0.1, -0.05) is 49.4 Å². The molecule has 104 valence electrons. The van der Waals surface area contributed by atoms with Gasteiger partial charge in [-0.3, -0.25) is 0 Å². The molecular weight excluding hydrogens is 252 g/mol. The number of hydrogen-bond acceptors (Lipinski definition) is 3. The first-order valence-corrected chi connectivity index (χ1v) is 6.58. The third-order valence-corrected chi connectivity index (χ3v) is 3.20. The van der Waals surface area contributed by atoms with Crippen LogP contribution in [0.3, 0.4) is 0 Å². The van der Waals surface area contributed by atoms with E-state index in [1.54, 1.807) is 12.1 Å². The summed E-state index contributed by atoms with van der Waals surface area (Å²) in [6.45, 7) is 2.18. The molecule has 0 aliphatic rings. The van der Waals surface area contributed by atoms with Crippen LogP contribution in [0.15, 0.2) is 54.6 Å². The van der Waals surface area contributed by atoms with Crippen molar-refractivity contribution in [2.24, 2.45) is 0 Å². The summed E-state index contributed by atoms with van der Waals surface area (Å²) in [5.41, 5.74) is 2.53. The number of ether oxygens (including phenoxy) is 2. The predicted octanol–water partition coefficient (Wildman–Crippen LogP) is 4.18. The molecule has 3 nitrogen and oxygen atoms in total. The maximum absolute atomic E-state index is 11.0. The lowest BCUT2D eigenvalue weighted by atomic mass is 9.94. The summed E-state index contributed by atoms with van der Waals surface area (Å²) in [5.74, 6) is 0.900. The van der Waals surface area contributed by atoms with Gasteiger partial charge in [0.05, 0.1) is 7.11 Å². The van der Waals surface area contributed by atoms with Crippen molar-refractivity contribution < 1.29 is 14.3 Å². The number of rotatable bonds is 4. The fourth-order valence-corrected chi connectivity index (χ4v) is 2.09. The lowest BCUT2D eigenvalue weighted by Crippen LogP contribution is -2.07. The molecule has 0 heterocycles. The van der Waals surface area contributed by atoms with E-state index in [1.807, 2.05) is 18.2 Å². The molecule has 1 atom stereocenters. The topological polar surface area (TPSA) is 35.5 Å². The van der Waals surface area contributed by atoms with Gasteiger partial charge in [-0.15, -0.1) is 0 Å². The Morgan fingerprint density at radius 2 is 1.70 bits per heavy atom. The minimum Gasteiger partial charge on any atom is -0.437 e. The highest BCUT2D eigenvalue weighted by molar-refractivity contribution is 5.63. The average Bonchev–Trinajstić information content (AvgIpc) is 2.49. The van der Waals surface area contributed by atoms with E-state index in [4.69, 9.17) is 4.74 Å². The van der Waals surface area contributed by atoms with E-state index in [9.17, 15) is 4.79 Å². The van der Waals surface area contributed by atoms with Gasteiger partial charge in [0.1, 0.15) is 5.75 Å². The first kappa shape index (κ1) is 14.1. The van der Waals surface area contributed by atoms with Crippen LogP contribution >= 0.6 is 0 Å². The molecule has 0 N–H and O–H groups in total. The summed E-state index contributed by atoms with van der Waals surface area (Å²) >= 11 is 0. The van der Waals surface area contributed by atoms with Gasteiger partial charge in [-0.05, 0) is 35.6 Å². The SMILES string of the molecule is COC(=O)Oc1ccc(C(C)Cc2ccccc2)cc1. The molecule has 0 spiro atoms. The number of methoxy groups -OCH3 is 1. The smallest absolute Gasteiger partial charge is 0.437 e. The molecule has 1 unspecified atom stereocenters. The van der Waals surface area contributed by atoms with E-state index in [2.05, 4.69) is 35.9 Å². The van der Waals surface area contributed by atoms with E-state index in [0.29, 0.717) is 11.7 Å². The molecule has 0 bridgehead atoms. The van der Waals surface area contributed by atoms with Crippen molar-refractivity contribution in [1.82, 2.24) is 0 Å². The van der Waals surface area contributed by atoms with Crippen LogP contribution in [0.2, 0.25) is 0 Å². The normalized spacial score (nSPS) is 11.7. The van der Waals surface area contributed by atoms with Gasteiger partial charge >= 0.3 is 6.16 Å². The van der Waals surface area contributed by atoms with Crippen molar-refractivity contribution in [3.8, 4) is 5.75 Å². The van der Waals surface area contributed by atoms with Crippen molar-refractivity contribution in [3.63, 3.8) is 0 Å². The fraction of sp³-hybridized carbons (Fsp3) is 0.235. The summed E-state index contributed by atoms with van der Waals surface area (Å²) in [6.07, 6.45) is 0.285. The van der Waals surface area contributed by atoms with Crippen LogP contribution in [0.1, 0.15) is 24.0 Å². The minimum absolute atomic E-state index is 0.407. The van der Waals surface area contributed by atoms with Gasteiger partial charge in [0.15, 0.2) is 0 Å². The van der Waals surface area contributed by atoms with Crippen LogP contribution in [0.25, 0.3) is 0 Å². The molecule has 2 rings (SSSR count). The molecule has 20 heavy (non-hydrogen) atoms. The highest BCUT2D eigenvalue weighted by Crippen LogP contribution is 2.23. The second-order valence-electron chi connectivity index (χ2n) is 4.72. The van der Waals surface area contributed by atoms with Crippen LogP contribution in [0, 0.1) is 0 Å². The van der Waals surface area contributed by atoms with Crippen LogP contribution in [-0.2, 0) is 11.2 Å². The Labute approximate surface area is 119 Å². The third-order valence-electron chi connectivity index (χ3n) is 3.20. The van der Waals surface area contributed by atoms with E-state index in [-0.39, 0.29) is 0 Å². The number of hydrogen-bond donors (Lipinski definition) is 0. The monoisotopic (exact) mass is 270 g/mol.